The Morgan fingerprint density at radius 3 is 2.65 bits per heavy atom. The second-order valence-corrected chi connectivity index (χ2v) is 8.21. The lowest BCUT2D eigenvalue weighted by molar-refractivity contribution is -0.137. The van der Waals surface area contributed by atoms with Gasteiger partial charge in [0, 0.05) is 17.6 Å². The maximum Gasteiger partial charge on any atom is 0.416 e. The quantitative estimate of drug-likeness (QED) is 0.253. The summed E-state index contributed by atoms with van der Waals surface area (Å²) in [4.78, 5) is 13.7. The number of halogens is 4. The summed E-state index contributed by atoms with van der Waals surface area (Å²) in [6, 6.07) is 10.5. The van der Waals surface area contributed by atoms with Crippen LogP contribution >= 0.6 is 23.4 Å². The normalized spacial score (nSPS) is 11.8. The molecule has 1 N–H and O–H groups in total. The van der Waals surface area contributed by atoms with Gasteiger partial charge >= 0.3 is 6.18 Å². The molecule has 10 heteroatoms. The average molecular weight is 465 g/mol. The molecule has 0 fully saturated rings. The number of thioether (sulfide) groups is 1. The van der Waals surface area contributed by atoms with Gasteiger partial charge < -0.3 is 9.73 Å². The van der Waals surface area contributed by atoms with Crippen LogP contribution in [0, 0.1) is 0 Å². The third kappa shape index (κ3) is 4.94. The van der Waals surface area contributed by atoms with E-state index in [-0.39, 0.29) is 17.0 Å². The number of aromatic nitrogens is 3. The summed E-state index contributed by atoms with van der Waals surface area (Å²) in [7, 11) is 0. The van der Waals surface area contributed by atoms with Crippen molar-refractivity contribution in [2.75, 3.05) is 11.1 Å². The Hall–Kier alpha value is -2.78. The molecule has 5 nitrogen and oxygen atoms in total. The number of alkyl halides is 3. The third-order valence-corrected chi connectivity index (χ3v) is 5.49. The van der Waals surface area contributed by atoms with Crippen molar-refractivity contribution in [3.05, 3.63) is 64.9 Å². The molecule has 0 saturated heterocycles. The van der Waals surface area contributed by atoms with Crippen LogP contribution in [0.5, 0.6) is 0 Å². The maximum absolute atomic E-state index is 13.0. The van der Waals surface area contributed by atoms with Crippen molar-refractivity contribution in [2.24, 2.45) is 0 Å². The predicted molar refractivity (Wildman–Crippen MR) is 115 cm³/mol. The Labute approximate surface area is 185 Å². The van der Waals surface area contributed by atoms with Crippen LogP contribution in [-0.2, 0) is 12.7 Å². The van der Waals surface area contributed by atoms with E-state index in [1.165, 1.54) is 6.07 Å². The van der Waals surface area contributed by atoms with Crippen molar-refractivity contribution in [3.8, 4) is 11.6 Å². The SMILES string of the molecule is CCSc1ccc(NCc2ccc(Cl)nc2)nc1-c1nc2cc(C(F)(F)F)ccc2o1. The molecule has 3 heterocycles. The van der Waals surface area contributed by atoms with Gasteiger partial charge in [0.25, 0.3) is 0 Å². The molecule has 0 spiro atoms. The number of fused-ring (bicyclic) bond motifs is 1. The van der Waals surface area contributed by atoms with Gasteiger partial charge in [0.15, 0.2) is 5.58 Å². The monoisotopic (exact) mass is 464 g/mol. The molecule has 0 bridgehead atoms. The van der Waals surface area contributed by atoms with Gasteiger partial charge in [-0.25, -0.2) is 15.0 Å². The summed E-state index contributed by atoms with van der Waals surface area (Å²) in [6.45, 7) is 2.47. The van der Waals surface area contributed by atoms with Gasteiger partial charge in [-0.2, -0.15) is 13.2 Å². The van der Waals surface area contributed by atoms with Crippen LogP contribution in [0.4, 0.5) is 19.0 Å². The fourth-order valence-corrected chi connectivity index (χ4v) is 3.74. The second kappa shape index (κ2) is 8.76. The van der Waals surface area contributed by atoms with E-state index in [0.717, 1.165) is 28.3 Å². The smallest absolute Gasteiger partial charge is 0.416 e. The number of oxazole rings is 1. The highest BCUT2D eigenvalue weighted by atomic mass is 35.5. The lowest BCUT2D eigenvalue weighted by Gasteiger charge is -2.09. The Morgan fingerprint density at radius 2 is 1.94 bits per heavy atom. The van der Waals surface area contributed by atoms with Crippen LogP contribution in [0.1, 0.15) is 18.1 Å². The first-order chi connectivity index (χ1) is 14.8. The molecule has 0 aliphatic rings. The molecule has 0 saturated carbocycles. The predicted octanol–water partition coefficient (Wildman–Crippen LogP) is 6.68. The van der Waals surface area contributed by atoms with Gasteiger partial charge in [0.05, 0.1) is 5.56 Å². The zero-order chi connectivity index (χ0) is 22.0. The topological polar surface area (TPSA) is 63.8 Å². The van der Waals surface area contributed by atoms with Crippen LogP contribution in [-0.4, -0.2) is 20.7 Å². The summed E-state index contributed by atoms with van der Waals surface area (Å²) >= 11 is 7.35. The van der Waals surface area contributed by atoms with Crippen molar-refractivity contribution in [1.82, 2.24) is 15.0 Å². The molecule has 0 radical (unpaired) electrons. The summed E-state index contributed by atoms with van der Waals surface area (Å²) in [5, 5.41) is 3.61. The fourth-order valence-electron chi connectivity index (χ4n) is 2.88. The van der Waals surface area contributed by atoms with Crippen molar-refractivity contribution < 1.29 is 17.6 Å². The van der Waals surface area contributed by atoms with E-state index < -0.39 is 11.7 Å². The molecular formula is C21H16ClF3N4OS. The van der Waals surface area contributed by atoms with Crippen LogP contribution in [0.15, 0.2) is 58.0 Å². The molecule has 4 rings (SSSR count). The Balaban J connectivity index is 1.66. The second-order valence-electron chi connectivity index (χ2n) is 6.52. The average Bonchev–Trinajstić information content (AvgIpc) is 3.17. The van der Waals surface area contributed by atoms with Crippen LogP contribution in [0.25, 0.3) is 22.7 Å². The number of nitrogens with zero attached hydrogens (tertiary/aromatic N) is 3. The summed E-state index contributed by atoms with van der Waals surface area (Å²) in [6.07, 6.45) is -2.79. The maximum atomic E-state index is 13.0. The Morgan fingerprint density at radius 1 is 1.10 bits per heavy atom. The number of benzene rings is 1. The minimum absolute atomic E-state index is 0.129. The van der Waals surface area contributed by atoms with E-state index in [1.54, 1.807) is 24.0 Å². The molecule has 0 amide bonds. The first-order valence-electron chi connectivity index (χ1n) is 9.30. The molecule has 0 atom stereocenters. The van der Waals surface area contributed by atoms with Gasteiger partial charge in [-0.15, -0.1) is 11.8 Å². The fraction of sp³-hybridized carbons (Fsp3) is 0.190. The van der Waals surface area contributed by atoms with Gasteiger partial charge in [0.1, 0.15) is 22.2 Å². The van der Waals surface area contributed by atoms with Gasteiger partial charge in [0.2, 0.25) is 5.89 Å². The number of hydrogen-bond donors (Lipinski definition) is 1. The van der Waals surface area contributed by atoms with Crippen LogP contribution < -0.4 is 5.32 Å². The van der Waals surface area contributed by atoms with E-state index in [9.17, 15) is 13.2 Å². The third-order valence-electron chi connectivity index (χ3n) is 4.34. The van der Waals surface area contributed by atoms with E-state index in [2.05, 4.69) is 20.3 Å². The number of hydrogen-bond acceptors (Lipinski definition) is 6. The highest BCUT2D eigenvalue weighted by Gasteiger charge is 2.31. The standard InChI is InChI=1S/C21H16ClF3N4OS/c1-2-31-16-6-8-18(27-11-12-3-7-17(22)26-10-12)29-19(16)20-28-14-9-13(21(23,24)25)4-5-15(14)30-20/h3-10H,2,11H2,1H3,(H,27,29). The van der Waals surface area contributed by atoms with Gasteiger partial charge in [-0.1, -0.05) is 24.6 Å². The molecule has 0 unspecified atom stereocenters. The molecule has 1 aromatic carbocycles. The number of pyridine rings is 2. The molecule has 4 aromatic rings. The van der Waals surface area contributed by atoms with Gasteiger partial charge in [-0.3, -0.25) is 0 Å². The molecular weight excluding hydrogens is 449 g/mol. The Bertz CT molecular complexity index is 1210. The summed E-state index contributed by atoms with van der Waals surface area (Å²) < 4.78 is 44.8. The van der Waals surface area contributed by atoms with Gasteiger partial charge in [-0.05, 0) is 47.7 Å². The number of nitrogens with one attached hydrogen (secondary N) is 1. The zero-order valence-corrected chi connectivity index (χ0v) is 17.8. The molecule has 160 valence electrons. The highest BCUT2D eigenvalue weighted by Crippen LogP contribution is 2.35. The minimum Gasteiger partial charge on any atom is -0.435 e. The van der Waals surface area contributed by atoms with Crippen molar-refractivity contribution in [1.29, 1.82) is 0 Å². The number of rotatable bonds is 6. The molecule has 0 aliphatic heterocycles. The lowest BCUT2D eigenvalue weighted by atomic mass is 10.2. The van der Waals surface area contributed by atoms with E-state index in [1.807, 2.05) is 25.1 Å². The highest BCUT2D eigenvalue weighted by molar-refractivity contribution is 7.99. The first-order valence-corrected chi connectivity index (χ1v) is 10.7. The van der Waals surface area contributed by atoms with E-state index >= 15 is 0 Å². The molecule has 31 heavy (non-hydrogen) atoms. The van der Waals surface area contributed by atoms with Crippen molar-refractivity contribution in [3.63, 3.8) is 0 Å². The first kappa shape index (κ1) is 21.5. The van der Waals surface area contributed by atoms with Crippen molar-refractivity contribution in [2.45, 2.75) is 24.5 Å². The molecule has 0 aliphatic carbocycles. The molecule has 3 aromatic heterocycles. The van der Waals surface area contributed by atoms with E-state index in [4.69, 9.17) is 16.0 Å². The van der Waals surface area contributed by atoms with Crippen LogP contribution in [0.3, 0.4) is 0 Å². The van der Waals surface area contributed by atoms with E-state index in [0.29, 0.717) is 23.2 Å². The van der Waals surface area contributed by atoms with Crippen molar-refractivity contribution >= 4 is 40.3 Å². The Kier molecular flexibility index (Phi) is 6.06. The summed E-state index contributed by atoms with van der Waals surface area (Å²) in [5.74, 6) is 1.53. The number of anilines is 1. The largest absolute Gasteiger partial charge is 0.435 e. The lowest BCUT2D eigenvalue weighted by Crippen LogP contribution is -2.04. The van der Waals surface area contributed by atoms with Crippen LogP contribution in [0.2, 0.25) is 5.15 Å². The zero-order valence-electron chi connectivity index (χ0n) is 16.2. The minimum atomic E-state index is -4.45. The summed E-state index contributed by atoms with van der Waals surface area (Å²) in [5.41, 5.74) is 1.01.